The Morgan fingerprint density at radius 3 is 2.80 bits per heavy atom. The van der Waals surface area contributed by atoms with E-state index in [0.717, 1.165) is 12.7 Å². The first-order valence-electron chi connectivity index (χ1n) is 8.27. The van der Waals surface area contributed by atoms with Crippen LogP contribution < -0.4 is 5.32 Å². The highest BCUT2D eigenvalue weighted by Crippen LogP contribution is 2.21. The van der Waals surface area contributed by atoms with Gasteiger partial charge in [-0.05, 0) is 24.8 Å². The lowest BCUT2D eigenvalue weighted by Gasteiger charge is -2.20. The van der Waals surface area contributed by atoms with Gasteiger partial charge in [0.2, 0.25) is 15.9 Å². The number of hydrogen-bond donors (Lipinski definition) is 1. The maximum atomic E-state index is 12.4. The van der Waals surface area contributed by atoms with Crippen LogP contribution in [0, 0.1) is 0 Å². The summed E-state index contributed by atoms with van der Waals surface area (Å²) < 4.78 is 26.5. The number of nitrogens with zero attached hydrogens (tertiary/aromatic N) is 3. The summed E-state index contributed by atoms with van der Waals surface area (Å²) in [5.74, 6) is -0.300. The number of sulfonamides is 1. The summed E-state index contributed by atoms with van der Waals surface area (Å²) in [6.45, 7) is 1.10. The zero-order valence-electron chi connectivity index (χ0n) is 14.1. The van der Waals surface area contributed by atoms with Crippen LogP contribution in [-0.4, -0.2) is 47.3 Å². The van der Waals surface area contributed by atoms with Crippen molar-refractivity contribution in [3.63, 3.8) is 0 Å². The molecule has 1 unspecified atom stereocenters. The van der Waals surface area contributed by atoms with Gasteiger partial charge in [0.15, 0.2) is 0 Å². The van der Waals surface area contributed by atoms with Crippen LogP contribution in [0.3, 0.4) is 0 Å². The lowest BCUT2D eigenvalue weighted by molar-refractivity contribution is -0.119. The molecular weight excluding hydrogens is 340 g/mol. The molecule has 0 radical (unpaired) electrons. The number of aromatic nitrogens is 2. The largest absolute Gasteiger partial charge is 0.322 e. The Balaban J connectivity index is 1.58. The Morgan fingerprint density at radius 1 is 1.32 bits per heavy atom. The van der Waals surface area contributed by atoms with E-state index in [9.17, 15) is 13.2 Å². The minimum absolute atomic E-state index is 0.300. The van der Waals surface area contributed by atoms with Crippen molar-refractivity contribution >= 4 is 21.6 Å². The number of nitrogens with one attached hydrogen (secondary N) is 1. The molecule has 1 saturated heterocycles. The molecule has 0 aliphatic carbocycles. The second kappa shape index (κ2) is 7.37. The van der Waals surface area contributed by atoms with Gasteiger partial charge in [-0.1, -0.05) is 30.3 Å². The van der Waals surface area contributed by atoms with Gasteiger partial charge >= 0.3 is 0 Å². The highest BCUT2D eigenvalue weighted by molar-refractivity contribution is 7.88. The molecule has 3 rings (SSSR count). The molecule has 0 bridgehead atoms. The van der Waals surface area contributed by atoms with Gasteiger partial charge < -0.3 is 5.32 Å². The smallest absolute Gasteiger partial charge is 0.242 e. The van der Waals surface area contributed by atoms with Crippen molar-refractivity contribution in [2.24, 2.45) is 0 Å². The average Bonchev–Trinajstić information content (AvgIpc) is 3.23. The second-order valence-electron chi connectivity index (χ2n) is 6.25. The van der Waals surface area contributed by atoms with Gasteiger partial charge in [-0.25, -0.2) is 8.42 Å². The van der Waals surface area contributed by atoms with Gasteiger partial charge in [0, 0.05) is 19.3 Å². The number of amides is 1. The van der Waals surface area contributed by atoms with Crippen LogP contribution in [0.1, 0.15) is 18.4 Å². The van der Waals surface area contributed by atoms with Gasteiger partial charge in [0.1, 0.15) is 6.04 Å². The predicted molar refractivity (Wildman–Crippen MR) is 95.6 cm³/mol. The SMILES string of the molecule is CS(=O)(=O)N1CCCC1C(=O)Nc1cnn(CCc2ccccc2)c1. The van der Waals surface area contributed by atoms with Crippen molar-refractivity contribution < 1.29 is 13.2 Å². The molecule has 1 aromatic heterocycles. The third-order valence-electron chi connectivity index (χ3n) is 4.31. The molecule has 1 atom stereocenters. The average molecular weight is 362 g/mol. The fraction of sp³-hybridized carbons (Fsp3) is 0.412. The van der Waals surface area contributed by atoms with E-state index in [2.05, 4.69) is 22.5 Å². The van der Waals surface area contributed by atoms with E-state index in [4.69, 9.17) is 0 Å². The van der Waals surface area contributed by atoms with Crippen molar-refractivity contribution in [2.75, 3.05) is 18.1 Å². The molecule has 1 N–H and O–H groups in total. The summed E-state index contributed by atoms with van der Waals surface area (Å²) in [5, 5.41) is 7.02. The maximum Gasteiger partial charge on any atom is 0.242 e. The van der Waals surface area contributed by atoms with Crippen LogP contribution in [0.2, 0.25) is 0 Å². The zero-order valence-corrected chi connectivity index (χ0v) is 14.9. The van der Waals surface area contributed by atoms with E-state index in [-0.39, 0.29) is 5.91 Å². The summed E-state index contributed by atoms with van der Waals surface area (Å²) >= 11 is 0. The number of anilines is 1. The molecule has 25 heavy (non-hydrogen) atoms. The summed E-state index contributed by atoms with van der Waals surface area (Å²) in [5.41, 5.74) is 1.80. The number of carbonyl (C=O) groups excluding carboxylic acids is 1. The molecular formula is C17H22N4O3S. The molecule has 0 saturated carbocycles. The summed E-state index contributed by atoms with van der Waals surface area (Å²) in [6.07, 6.45) is 6.58. The van der Waals surface area contributed by atoms with Crippen LogP contribution in [0.25, 0.3) is 0 Å². The topological polar surface area (TPSA) is 84.3 Å². The Labute approximate surface area is 147 Å². The first kappa shape index (κ1) is 17.6. The van der Waals surface area contributed by atoms with Crippen molar-refractivity contribution in [3.8, 4) is 0 Å². The predicted octanol–water partition coefficient (Wildman–Crippen LogP) is 1.49. The second-order valence-corrected chi connectivity index (χ2v) is 8.18. The van der Waals surface area contributed by atoms with E-state index in [0.29, 0.717) is 31.6 Å². The third-order valence-corrected chi connectivity index (χ3v) is 5.59. The monoisotopic (exact) mass is 362 g/mol. The van der Waals surface area contributed by atoms with E-state index in [1.165, 1.54) is 9.87 Å². The fourth-order valence-electron chi connectivity index (χ4n) is 3.06. The van der Waals surface area contributed by atoms with Crippen molar-refractivity contribution in [3.05, 3.63) is 48.3 Å². The van der Waals surface area contributed by atoms with E-state index >= 15 is 0 Å². The molecule has 8 heteroatoms. The molecule has 1 fully saturated rings. The lowest BCUT2D eigenvalue weighted by atomic mass is 10.1. The molecule has 2 heterocycles. The molecule has 134 valence electrons. The van der Waals surface area contributed by atoms with Crippen LogP contribution in [0.5, 0.6) is 0 Å². The van der Waals surface area contributed by atoms with Crippen LogP contribution in [0.4, 0.5) is 5.69 Å². The Hall–Kier alpha value is -2.19. The summed E-state index contributed by atoms with van der Waals surface area (Å²) in [6, 6.07) is 9.47. The molecule has 1 aliphatic rings. The van der Waals surface area contributed by atoms with Gasteiger partial charge in [0.05, 0.1) is 18.1 Å². The Morgan fingerprint density at radius 2 is 2.08 bits per heavy atom. The van der Waals surface area contributed by atoms with Crippen molar-refractivity contribution in [1.29, 1.82) is 0 Å². The van der Waals surface area contributed by atoms with E-state index < -0.39 is 16.1 Å². The first-order chi connectivity index (χ1) is 11.9. The van der Waals surface area contributed by atoms with Gasteiger partial charge in [-0.3, -0.25) is 9.48 Å². The number of carbonyl (C=O) groups is 1. The number of rotatable bonds is 6. The highest BCUT2D eigenvalue weighted by atomic mass is 32.2. The molecule has 1 aromatic carbocycles. The quantitative estimate of drug-likeness (QED) is 0.844. The standard InChI is InChI=1S/C17H22N4O3S/c1-25(23,24)21-10-5-8-16(21)17(22)19-15-12-18-20(13-15)11-9-14-6-3-2-4-7-14/h2-4,6-7,12-13,16H,5,8-11H2,1H3,(H,19,22). The minimum atomic E-state index is -3.37. The van der Waals surface area contributed by atoms with Gasteiger partial charge in [-0.2, -0.15) is 9.40 Å². The number of aryl methyl sites for hydroxylation is 2. The maximum absolute atomic E-state index is 12.4. The highest BCUT2D eigenvalue weighted by Gasteiger charge is 2.36. The van der Waals surface area contributed by atoms with Gasteiger partial charge in [0.25, 0.3) is 0 Å². The van der Waals surface area contributed by atoms with E-state index in [1.54, 1.807) is 17.1 Å². The Bertz CT molecular complexity index is 833. The van der Waals surface area contributed by atoms with E-state index in [1.807, 2.05) is 18.2 Å². The number of hydrogen-bond acceptors (Lipinski definition) is 4. The molecule has 1 amide bonds. The molecule has 0 spiro atoms. The zero-order chi connectivity index (χ0) is 17.9. The first-order valence-corrected chi connectivity index (χ1v) is 10.1. The normalized spacial score (nSPS) is 18.4. The van der Waals surface area contributed by atoms with Crippen LogP contribution in [0.15, 0.2) is 42.7 Å². The summed E-state index contributed by atoms with van der Waals surface area (Å²) in [7, 11) is -3.37. The van der Waals surface area contributed by atoms with Crippen molar-refractivity contribution in [2.45, 2.75) is 31.8 Å². The lowest BCUT2D eigenvalue weighted by Crippen LogP contribution is -2.42. The molecule has 2 aromatic rings. The third kappa shape index (κ3) is 4.46. The molecule has 7 nitrogen and oxygen atoms in total. The Kier molecular flexibility index (Phi) is 5.19. The molecule has 1 aliphatic heterocycles. The number of benzene rings is 1. The van der Waals surface area contributed by atoms with Crippen molar-refractivity contribution in [1.82, 2.24) is 14.1 Å². The summed E-state index contributed by atoms with van der Waals surface area (Å²) in [4.78, 5) is 12.4. The fourth-order valence-corrected chi connectivity index (χ4v) is 4.19. The van der Waals surface area contributed by atoms with Gasteiger partial charge in [-0.15, -0.1) is 0 Å². The minimum Gasteiger partial charge on any atom is -0.322 e. The van der Waals surface area contributed by atoms with Crippen LogP contribution >= 0.6 is 0 Å². The van der Waals surface area contributed by atoms with Crippen LogP contribution in [-0.2, 0) is 27.8 Å².